The number of benzene rings is 3. The van der Waals surface area contributed by atoms with Gasteiger partial charge in [0, 0.05) is 12.0 Å². The van der Waals surface area contributed by atoms with Gasteiger partial charge in [0.25, 0.3) is 0 Å². The number of carbonyl (C=O) groups is 2. The summed E-state index contributed by atoms with van der Waals surface area (Å²) in [5.41, 5.74) is 3.45. The lowest BCUT2D eigenvalue weighted by atomic mass is 10.0. The van der Waals surface area contributed by atoms with E-state index in [0.29, 0.717) is 37.5 Å². The minimum atomic E-state index is -1.03. The molecule has 1 saturated heterocycles. The summed E-state index contributed by atoms with van der Waals surface area (Å²) in [7, 11) is 0. The van der Waals surface area contributed by atoms with Gasteiger partial charge in [-0.15, -0.1) is 0 Å². The highest BCUT2D eigenvalue weighted by Crippen LogP contribution is 2.37. The molecule has 1 fully saturated rings. The number of aryl methyl sites for hydroxylation is 1. The second kappa shape index (κ2) is 13.0. The number of carbonyl (C=O) groups excluding carboxylic acids is 1. The van der Waals surface area contributed by atoms with Gasteiger partial charge in [-0.25, -0.2) is 14.6 Å². The number of ether oxygens (including phenoxy) is 2. The number of carboxylic acid groups (broad SMARTS) is 1. The zero-order valence-electron chi connectivity index (χ0n) is 21.7. The maximum Gasteiger partial charge on any atom is 0.411 e. The first kappa shape index (κ1) is 28.4. The van der Waals surface area contributed by atoms with Gasteiger partial charge in [0.1, 0.15) is 24.2 Å². The number of hydrogen-bond acceptors (Lipinski definition) is 6. The van der Waals surface area contributed by atoms with Crippen molar-refractivity contribution in [2.75, 3.05) is 6.61 Å². The van der Waals surface area contributed by atoms with Gasteiger partial charge in [0.05, 0.1) is 18.3 Å². The monoisotopic (exact) mass is 542 g/mol. The smallest absolute Gasteiger partial charge is 0.411 e. The zero-order valence-corrected chi connectivity index (χ0v) is 21.7. The maximum atomic E-state index is 13.0. The van der Waals surface area contributed by atoms with Crippen LogP contribution in [-0.2, 0) is 22.6 Å². The minimum absolute atomic E-state index is 0. The first-order valence-electron chi connectivity index (χ1n) is 13.0. The normalized spacial score (nSPS) is 16.3. The van der Waals surface area contributed by atoms with Crippen LogP contribution in [-0.4, -0.2) is 39.7 Å². The van der Waals surface area contributed by atoms with E-state index in [0.717, 1.165) is 28.1 Å². The van der Waals surface area contributed by atoms with Crippen molar-refractivity contribution in [3.05, 3.63) is 108 Å². The lowest BCUT2D eigenvalue weighted by Crippen LogP contribution is -2.42. The van der Waals surface area contributed by atoms with Gasteiger partial charge in [-0.3, -0.25) is 4.90 Å². The van der Waals surface area contributed by atoms with Crippen molar-refractivity contribution in [3.8, 4) is 17.2 Å². The summed E-state index contributed by atoms with van der Waals surface area (Å²) in [6, 6.07) is 25.2. The molecule has 2 heterocycles. The fourth-order valence-corrected chi connectivity index (χ4v) is 4.85. The van der Waals surface area contributed by atoms with E-state index < -0.39 is 24.1 Å². The Morgan fingerprint density at radius 1 is 0.975 bits per heavy atom. The summed E-state index contributed by atoms with van der Waals surface area (Å²) in [4.78, 5) is 30.8. The fourth-order valence-electron chi connectivity index (χ4n) is 4.85. The second-order valence-corrected chi connectivity index (χ2v) is 9.45. The van der Waals surface area contributed by atoms with Gasteiger partial charge in [-0.05, 0) is 55.2 Å². The quantitative estimate of drug-likeness (QED) is 0.247. The number of aliphatic carboxylic acids is 1. The molecule has 1 aromatic heterocycles. The minimum Gasteiger partial charge on any atom is -0.493 e. The standard InChI is InChI=1S/C31H30N2O6.CH4/c1-21-26(32-29(39-21)24-10-6-3-7-11-24)18-19-37-25-14-12-23(13-15-25)27-16-17-28(30(34)35)33(27)31(36)38-20-22-8-4-2-5-9-22;/h2-15,27-28H,16-20H2,1H3,(H,34,35);1H4/t27-,28-;/m1./s1. The third kappa shape index (κ3) is 6.51. The van der Waals surface area contributed by atoms with Crippen LogP contribution in [0, 0.1) is 6.92 Å². The molecule has 40 heavy (non-hydrogen) atoms. The molecule has 208 valence electrons. The summed E-state index contributed by atoms with van der Waals surface area (Å²) in [5, 5.41) is 9.72. The average Bonchev–Trinajstić information content (AvgIpc) is 3.57. The van der Waals surface area contributed by atoms with Gasteiger partial charge >= 0.3 is 12.1 Å². The molecule has 0 unspecified atom stereocenters. The van der Waals surface area contributed by atoms with E-state index in [2.05, 4.69) is 4.98 Å². The molecule has 0 spiro atoms. The van der Waals surface area contributed by atoms with E-state index in [4.69, 9.17) is 13.9 Å². The first-order valence-corrected chi connectivity index (χ1v) is 13.0. The van der Waals surface area contributed by atoms with Crippen molar-refractivity contribution in [2.45, 2.75) is 52.3 Å². The van der Waals surface area contributed by atoms with E-state index >= 15 is 0 Å². The highest BCUT2D eigenvalue weighted by atomic mass is 16.6. The Bertz CT molecular complexity index is 1400. The number of oxazole rings is 1. The van der Waals surface area contributed by atoms with Crippen molar-refractivity contribution in [2.24, 2.45) is 0 Å². The third-order valence-corrected chi connectivity index (χ3v) is 6.87. The molecule has 0 radical (unpaired) electrons. The van der Waals surface area contributed by atoms with E-state index in [1.807, 2.05) is 91.9 Å². The molecule has 8 nitrogen and oxygen atoms in total. The Balaban J connectivity index is 0.00000370. The highest BCUT2D eigenvalue weighted by molar-refractivity contribution is 5.81. The molecule has 1 aliphatic heterocycles. The molecule has 1 N–H and O–H groups in total. The Hall–Kier alpha value is -4.59. The van der Waals surface area contributed by atoms with Crippen molar-refractivity contribution in [1.82, 2.24) is 9.88 Å². The van der Waals surface area contributed by atoms with Crippen molar-refractivity contribution in [3.63, 3.8) is 0 Å². The van der Waals surface area contributed by atoms with Crippen molar-refractivity contribution < 1.29 is 28.6 Å². The summed E-state index contributed by atoms with van der Waals surface area (Å²) in [6.45, 7) is 2.40. The van der Waals surface area contributed by atoms with Crippen LogP contribution in [0.2, 0.25) is 0 Å². The highest BCUT2D eigenvalue weighted by Gasteiger charge is 2.42. The number of amides is 1. The molecule has 4 aromatic rings. The van der Waals surface area contributed by atoms with Gasteiger partial charge in [-0.2, -0.15) is 0 Å². The van der Waals surface area contributed by atoms with Crippen LogP contribution in [0.5, 0.6) is 5.75 Å². The van der Waals surface area contributed by atoms with Crippen LogP contribution in [0.15, 0.2) is 89.3 Å². The molecule has 0 bridgehead atoms. The molecular formula is C32H34N2O6. The SMILES string of the molecule is C.Cc1oc(-c2ccccc2)nc1CCOc1ccc([C@H]2CC[C@H](C(=O)O)N2C(=O)OCc2ccccc2)cc1. The predicted octanol–water partition coefficient (Wildman–Crippen LogP) is 6.83. The Morgan fingerprint density at radius 2 is 1.65 bits per heavy atom. The van der Waals surface area contributed by atoms with Crippen LogP contribution in [0.25, 0.3) is 11.5 Å². The second-order valence-electron chi connectivity index (χ2n) is 9.45. The molecule has 1 aliphatic rings. The van der Waals surface area contributed by atoms with Gasteiger partial charge < -0.3 is 19.0 Å². The summed E-state index contributed by atoms with van der Waals surface area (Å²) < 4.78 is 17.2. The van der Waals surface area contributed by atoms with Gasteiger partial charge in [0.2, 0.25) is 5.89 Å². The van der Waals surface area contributed by atoms with E-state index in [1.54, 1.807) is 0 Å². The van der Waals surface area contributed by atoms with Crippen molar-refractivity contribution >= 4 is 12.1 Å². The number of aromatic nitrogens is 1. The number of rotatable bonds is 9. The molecule has 1 amide bonds. The zero-order chi connectivity index (χ0) is 27.2. The summed E-state index contributed by atoms with van der Waals surface area (Å²) in [6.07, 6.45) is 0.855. The van der Waals surface area contributed by atoms with Crippen molar-refractivity contribution in [1.29, 1.82) is 0 Å². The van der Waals surface area contributed by atoms with Gasteiger partial charge in [-0.1, -0.05) is 68.1 Å². The summed E-state index contributed by atoms with van der Waals surface area (Å²) in [5.74, 6) is 0.999. The van der Waals surface area contributed by atoms with Crippen LogP contribution in [0.4, 0.5) is 4.79 Å². The Kier molecular flexibility index (Phi) is 9.22. The largest absolute Gasteiger partial charge is 0.493 e. The topological polar surface area (TPSA) is 102 Å². The van der Waals surface area contributed by atoms with E-state index in [9.17, 15) is 14.7 Å². The van der Waals surface area contributed by atoms with Crippen LogP contribution in [0.3, 0.4) is 0 Å². The molecule has 3 aromatic carbocycles. The fraction of sp³-hybridized carbons (Fsp3) is 0.281. The first-order chi connectivity index (χ1) is 19.0. The van der Waals surface area contributed by atoms with Gasteiger partial charge in [0.15, 0.2) is 0 Å². The molecule has 8 heteroatoms. The van der Waals surface area contributed by atoms with E-state index in [1.165, 1.54) is 4.90 Å². The number of likely N-dealkylation sites (tertiary alicyclic amines) is 1. The third-order valence-electron chi connectivity index (χ3n) is 6.87. The molecule has 2 atom stereocenters. The average molecular weight is 543 g/mol. The van der Waals surface area contributed by atoms with Crippen LogP contribution >= 0.6 is 0 Å². The Labute approximate surface area is 234 Å². The molecule has 0 saturated carbocycles. The molecule has 0 aliphatic carbocycles. The molecule has 5 rings (SSSR count). The van der Waals surface area contributed by atoms with Crippen LogP contribution < -0.4 is 4.74 Å². The lowest BCUT2D eigenvalue weighted by molar-refractivity contribution is -0.142. The summed E-state index contributed by atoms with van der Waals surface area (Å²) >= 11 is 0. The predicted molar refractivity (Wildman–Crippen MR) is 151 cm³/mol. The molecular weight excluding hydrogens is 508 g/mol. The Morgan fingerprint density at radius 3 is 2.33 bits per heavy atom. The number of nitrogens with zero attached hydrogens (tertiary/aromatic N) is 2. The number of hydrogen-bond donors (Lipinski definition) is 1. The van der Waals surface area contributed by atoms with Crippen LogP contribution in [0.1, 0.15) is 48.9 Å². The lowest BCUT2D eigenvalue weighted by Gasteiger charge is -2.28. The number of carboxylic acids is 1. The maximum absolute atomic E-state index is 13.0. The van der Waals surface area contributed by atoms with E-state index in [-0.39, 0.29) is 14.0 Å².